The number of hydrogen-bond acceptors (Lipinski definition) is 6. The number of aromatic nitrogens is 2. The molecule has 2 aliphatic heterocycles. The minimum absolute atomic E-state index is 0.101. The highest BCUT2D eigenvalue weighted by atomic mass is 35.5. The summed E-state index contributed by atoms with van der Waals surface area (Å²) in [6, 6.07) is 6.97. The molecule has 1 aromatic heterocycles. The lowest BCUT2D eigenvalue weighted by Gasteiger charge is -2.35. The van der Waals surface area contributed by atoms with E-state index >= 15 is 0 Å². The quantitative estimate of drug-likeness (QED) is 0.738. The van der Waals surface area contributed by atoms with Crippen molar-refractivity contribution in [3.8, 4) is 0 Å². The van der Waals surface area contributed by atoms with E-state index in [4.69, 9.17) is 32.9 Å². The molecule has 0 atom stereocenters. The largest absolute Gasteiger partial charge is 0.378 e. The summed E-state index contributed by atoms with van der Waals surface area (Å²) >= 11 is 12.2. The van der Waals surface area contributed by atoms with Crippen LogP contribution in [0, 0.1) is 6.92 Å². The Morgan fingerprint density at radius 1 is 0.966 bits per heavy atom. The standard InChI is InChI=1S/C20H23Cl2N5O2/c1-14-12-18(25-8-10-29-11-9-25)24-20(23-14)27-6-4-26(5-7-27)19(28)16-13-15(21)2-3-17(16)22/h2-3,12-13H,4-11H2,1H3. The summed E-state index contributed by atoms with van der Waals surface area (Å²) in [6.07, 6.45) is 0. The number of ether oxygens (including phenoxy) is 1. The third-order valence-corrected chi connectivity index (χ3v) is 5.74. The lowest BCUT2D eigenvalue weighted by Crippen LogP contribution is -2.49. The number of amides is 1. The van der Waals surface area contributed by atoms with E-state index in [2.05, 4.69) is 14.8 Å². The maximum atomic E-state index is 12.8. The predicted molar refractivity (Wildman–Crippen MR) is 114 cm³/mol. The Bertz CT molecular complexity index is 896. The number of aryl methyl sites for hydroxylation is 1. The molecule has 9 heteroatoms. The van der Waals surface area contributed by atoms with Gasteiger partial charge >= 0.3 is 0 Å². The van der Waals surface area contributed by atoms with Crippen molar-refractivity contribution in [1.82, 2.24) is 14.9 Å². The van der Waals surface area contributed by atoms with Crippen molar-refractivity contribution >= 4 is 40.9 Å². The van der Waals surface area contributed by atoms with Crippen LogP contribution in [0.4, 0.5) is 11.8 Å². The molecule has 0 saturated carbocycles. The summed E-state index contributed by atoms with van der Waals surface area (Å²) < 4.78 is 5.43. The third kappa shape index (κ3) is 4.57. The van der Waals surface area contributed by atoms with Gasteiger partial charge in [-0.05, 0) is 25.1 Å². The van der Waals surface area contributed by atoms with E-state index in [1.165, 1.54) is 0 Å². The lowest BCUT2D eigenvalue weighted by atomic mass is 10.2. The molecule has 0 unspecified atom stereocenters. The Labute approximate surface area is 180 Å². The first-order valence-electron chi connectivity index (χ1n) is 9.69. The van der Waals surface area contributed by atoms with Gasteiger partial charge in [-0.3, -0.25) is 4.79 Å². The fraction of sp³-hybridized carbons (Fsp3) is 0.450. The number of anilines is 2. The Morgan fingerprint density at radius 2 is 1.69 bits per heavy atom. The predicted octanol–water partition coefficient (Wildman–Crippen LogP) is 2.89. The van der Waals surface area contributed by atoms with Gasteiger partial charge < -0.3 is 19.4 Å². The molecule has 2 saturated heterocycles. The highest BCUT2D eigenvalue weighted by molar-refractivity contribution is 6.35. The highest BCUT2D eigenvalue weighted by Crippen LogP contribution is 2.24. The summed E-state index contributed by atoms with van der Waals surface area (Å²) in [5, 5.41) is 0.916. The molecule has 154 valence electrons. The molecule has 1 aromatic carbocycles. The lowest BCUT2D eigenvalue weighted by molar-refractivity contribution is 0.0746. The van der Waals surface area contributed by atoms with Crippen molar-refractivity contribution in [1.29, 1.82) is 0 Å². The SMILES string of the molecule is Cc1cc(N2CCOCC2)nc(N2CCN(C(=O)c3cc(Cl)ccc3Cl)CC2)n1. The number of hydrogen-bond donors (Lipinski definition) is 0. The fourth-order valence-corrected chi connectivity index (χ4v) is 3.94. The number of benzene rings is 1. The van der Waals surface area contributed by atoms with Crippen molar-refractivity contribution in [2.45, 2.75) is 6.92 Å². The van der Waals surface area contributed by atoms with Gasteiger partial charge in [0.05, 0.1) is 23.8 Å². The molecular weight excluding hydrogens is 413 g/mol. The third-order valence-electron chi connectivity index (χ3n) is 5.17. The van der Waals surface area contributed by atoms with Crippen molar-refractivity contribution in [3.05, 3.63) is 45.6 Å². The van der Waals surface area contributed by atoms with Gasteiger partial charge in [0, 0.05) is 56.1 Å². The van der Waals surface area contributed by atoms with E-state index in [0.29, 0.717) is 60.9 Å². The van der Waals surface area contributed by atoms with Crippen LogP contribution in [0.5, 0.6) is 0 Å². The normalized spacial score (nSPS) is 17.6. The van der Waals surface area contributed by atoms with Gasteiger partial charge in [-0.1, -0.05) is 23.2 Å². The highest BCUT2D eigenvalue weighted by Gasteiger charge is 2.26. The van der Waals surface area contributed by atoms with Crippen LogP contribution < -0.4 is 9.80 Å². The second-order valence-electron chi connectivity index (χ2n) is 7.17. The fourth-order valence-electron chi connectivity index (χ4n) is 3.57. The number of nitrogens with zero attached hydrogens (tertiary/aromatic N) is 5. The second-order valence-corrected chi connectivity index (χ2v) is 8.01. The summed E-state index contributed by atoms with van der Waals surface area (Å²) in [7, 11) is 0. The van der Waals surface area contributed by atoms with Gasteiger partial charge in [0.1, 0.15) is 5.82 Å². The number of morpholine rings is 1. The van der Waals surface area contributed by atoms with Gasteiger partial charge in [-0.15, -0.1) is 0 Å². The molecule has 3 heterocycles. The molecule has 2 aliphatic rings. The zero-order valence-corrected chi connectivity index (χ0v) is 17.8. The summed E-state index contributed by atoms with van der Waals surface area (Å²) in [5.74, 6) is 1.54. The van der Waals surface area contributed by atoms with Crippen LogP contribution in [-0.4, -0.2) is 73.3 Å². The van der Waals surface area contributed by atoms with E-state index in [0.717, 1.165) is 24.6 Å². The Kier molecular flexibility index (Phi) is 6.08. The minimum Gasteiger partial charge on any atom is -0.378 e. The monoisotopic (exact) mass is 435 g/mol. The van der Waals surface area contributed by atoms with Crippen LogP contribution in [-0.2, 0) is 4.74 Å². The molecule has 0 N–H and O–H groups in total. The van der Waals surface area contributed by atoms with E-state index in [-0.39, 0.29) is 5.91 Å². The number of piperazine rings is 1. The van der Waals surface area contributed by atoms with E-state index in [1.807, 2.05) is 13.0 Å². The van der Waals surface area contributed by atoms with Crippen molar-refractivity contribution < 1.29 is 9.53 Å². The molecule has 0 radical (unpaired) electrons. The minimum atomic E-state index is -0.101. The van der Waals surface area contributed by atoms with Crippen molar-refractivity contribution in [2.24, 2.45) is 0 Å². The average molecular weight is 436 g/mol. The van der Waals surface area contributed by atoms with Gasteiger partial charge in [0.25, 0.3) is 5.91 Å². The van der Waals surface area contributed by atoms with Crippen molar-refractivity contribution in [3.63, 3.8) is 0 Å². The molecule has 4 rings (SSSR count). The van der Waals surface area contributed by atoms with Crippen LogP contribution >= 0.6 is 23.2 Å². The van der Waals surface area contributed by atoms with Gasteiger partial charge in [0.15, 0.2) is 0 Å². The Morgan fingerprint density at radius 3 is 2.41 bits per heavy atom. The van der Waals surface area contributed by atoms with Crippen LogP contribution in [0.3, 0.4) is 0 Å². The van der Waals surface area contributed by atoms with Crippen LogP contribution in [0.25, 0.3) is 0 Å². The van der Waals surface area contributed by atoms with Crippen LogP contribution in [0.2, 0.25) is 10.0 Å². The molecule has 0 bridgehead atoms. The topological polar surface area (TPSA) is 61.8 Å². The first-order valence-corrected chi connectivity index (χ1v) is 10.4. The number of rotatable bonds is 3. The Hall–Kier alpha value is -2.09. The van der Waals surface area contributed by atoms with Crippen LogP contribution in [0.15, 0.2) is 24.3 Å². The molecule has 29 heavy (non-hydrogen) atoms. The van der Waals surface area contributed by atoms with Crippen LogP contribution in [0.1, 0.15) is 16.1 Å². The van der Waals surface area contributed by atoms with E-state index < -0.39 is 0 Å². The van der Waals surface area contributed by atoms with E-state index in [9.17, 15) is 4.79 Å². The molecule has 7 nitrogen and oxygen atoms in total. The van der Waals surface area contributed by atoms with Gasteiger partial charge in [0.2, 0.25) is 5.95 Å². The van der Waals surface area contributed by atoms with Gasteiger partial charge in [-0.25, -0.2) is 4.98 Å². The first kappa shape index (κ1) is 20.2. The summed E-state index contributed by atoms with van der Waals surface area (Å²) in [4.78, 5) is 28.4. The molecule has 0 aliphatic carbocycles. The molecule has 2 fully saturated rings. The summed E-state index contributed by atoms with van der Waals surface area (Å²) in [5.41, 5.74) is 1.37. The summed E-state index contributed by atoms with van der Waals surface area (Å²) in [6.45, 7) is 7.55. The maximum Gasteiger partial charge on any atom is 0.255 e. The number of carbonyl (C=O) groups excluding carboxylic acids is 1. The maximum absolute atomic E-state index is 12.8. The zero-order chi connectivity index (χ0) is 20.4. The first-order chi connectivity index (χ1) is 14.0. The number of carbonyl (C=O) groups is 1. The Balaban J connectivity index is 1.45. The van der Waals surface area contributed by atoms with E-state index in [1.54, 1.807) is 23.1 Å². The van der Waals surface area contributed by atoms with Crippen molar-refractivity contribution in [2.75, 3.05) is 62.3 Å². The van der Waals surface area contributed by atoms with Gasteiger partial charge in [-0.2, -0.15) is 4.98 Å². The number of halogens is 2. The average Bonchev–Trinajstić information content (AvgIpc) is 2.75. The zero-order valence-electron chi connectivity index (χ0n) is 16.3. The molecule has 2 aromatic rings. The molecule has 1 amide bonds. The second kappa shape index (κ2) is 8.73. The molecular formula is C20H23Cl2N5O2. The molecule has 0 spiro atoms. The smallest absolute Gasteiger partial charge is 0.255 e.